The molecule has 0 spiro atoms. The zero-order valence-corrected chi connectivity index (χ0v) is 19.2. The number of nitrogens with one attached hydrogen (secondary N) is 1. The van der Waals surface area contributed by atoms with Gasteiger partial charge >= 0.3 is 0 Å². The SMILES string of the molecule is Cc1ccc2nc(-c3ccc(NC(=O)c4ccc(COc5ccccc5Cl)o4)cc3)sc2c1. The molecule has 5 nitrogen and oxygen atoms in total. The molecule has 0 saturated carbocycles. The Hall–Kier alpha value is -3.61. The van der Waals surface area contributed by atoms with Crippen molar-refractivity contribution in [1.82, 2.24) is 4.98 Å². The highest BCUT2D eigenvalue weighted by atomic mass is 35.5. The van der Waals surface area contributed by atoms with E-state index in [2.05, 4.69) is 24.4 Å². The van der Waals surface area contributed by atoms with E-state index in [0.29, 0.717) is 22.2 Å². The standard InChI is InChI=1S/C26H19ClN2O3S/c1-16-6-12-21-24(14-16)33-26(29-21)17-7-9-18(10-8-17)28-25(30)23-13-11-19(32-23)15-31-22-5-3-2-4-20(22)27/h2-14H,15H2,1H3,(H,28,30). The van der Waals surface area contributed by atoms with E-state index in [9.17, 15) is 4.79 Å². The fourth-order valence-electron chi connectivity index (χ4n) is 3.33. The first-order valence-corrected chi connectivity index (χ1v) is 11.5. The van der Waals surface area contributed by atoms with Crippen LogP contribution in [-0.2, 0) is 6.61 Å². The van der Waals surface area contributed by atoms with Crippen LogP contribution in [0.15, 0.2) is 83.3 Å². The monoisotopic (exact) mass is 474 g/mol. The summed E-state index contributed by atoms with van der Waals surface area (Å²) >= 11 is 7.74. The maximum Gasteiger partial charge on any atom is 0.291 e. The van der Waals surface area contributed by atoms with Crippen LogP contribution in [0.3, 0.4) is 0 Å². The number of amides is 1. The molecule has 0 radical (unpaired) electrons. The Labute approximate surface area is 199 Å². The first kappa shape index (κ1) is 21.2. The molecule has 1 N–H and O–H groups in total. The summed E-state index contributed by atoms with van der Waals surface area (Å²) in [6.07, 6.45) is 0. The van der Waals surface area contributed by atoms with Crippen molar-refractivity contribution >= 4 is 44.7 Å². The number of nitrogens with zero attached hydrogens (tertiary/aromatic N) is 1. The van der Waals surface area contributed by atoms with E-state index in [1.54, 1.807) is 35.6 Å². The molecule has 7 heteroatoms. The van der Waals surface area contributed by atoms with Gasteiger partial charge in [0.15, 0.2) is 5.76 Å². The van der Waals surface area contributed by atoms with Gasteiger partial charge in [-0.3, -0.25) is 4.79 Å². The molecule has 3 aromatic carbocycles. The number of benzene rings is 3. The Kier molecular flexibility index (Phi) is 5.86. The molecule has 164 valence electrons. The molecule has 0 aliphatic heterocycles. The second-order valence-corrected chi connectivity index (χ2v) is 8.94. The van der Waals surface area contributed by atoms with Crippen LogP contribution >= 0.6 is 22.9 Å². The summed E-state index contributed by atoms with van der Waals surface area (Å²) in [7, 11) is 0. The molecular weight excluding hydrogens is 456 g/mol. The number of para-hydroxylation sites is 1. The van der Waals surface area contributed by atoms with E-state index in [0.717, 1.165) is 20.8 Å². The summed E-state index contributed by atoms with van der Waals surface area (Å²) in [5.41, 5.74) is 3.88. The van der Waals surface area contributed by atoms with Crippen molar-refractivity contribution in [1.29, 1.82) is 0 Å². The normalized spacial score (nSPS) is 11.0. The number of ether oxygens (including phenoxy) is 1. The lowest BCUT2D eigenvalue weighted by Crippen LogP contribution is -2.10. The molecule has 0 saturated heterocycles. The largest absolute Gasteiger partial charge is 0.484 e. The minimum atomic E-state index is -0.331. The van der Waals surface area contributed by atoms with Crippen molar-refractivity contribution in [3.8, 4) is 16.3 Å². The average molecular weight is 475 g/mol. The van der Waals surface area contributed by atoms with Crippen LogP contribution in [0.1, 0.15) is 21.9 Å². The van der Waals surface area contributed by atoms with Crippen LogP contribution in [0.5, 0.6) is 5.75 Å². The fourth-order valence-corrected chi connectivity index (χ4v) is 4.59. The van der Waals surface area contributed by atoms with Gasteiger partial charge in [-0.2, -0.15) is 0 Å². The molecule has 1 amide bonds. The van der Waals surface area contributed by atoms with Crippen LogP contribution in [0.25, 0.3) is 20.8 Å². The number of halogens is 1. The smallest absolute Gasteiger partial charge is 0.291 e. The van der Waals surface area contributed by atoms with Crippen molar-refractivity contribution in [3.05, 3.63) is 101 Å². The number of rotatable bonds is 6. The van der Waals surface area contributed by atoms with Crippen LogP contribution in [0.2, 0.25) is 5.02 Å². The predicted octanol–water partition coefficient (Wildman–Crippen LogP) is 7.35. The highest BCUT2D eigenvalue weighted by molar-refractivity contribution is 7.21. The maximum atomic E-state index is 12.6. The molecule has 0 bridgehead atoms. The number of carbonyl (C=O) groups is 1. The molecule has 33 heavy (non-hydrogen) atoms. The Bertz CT molecular complexity index is 1440. The van der Waals surface area contributed by atoms with E-state index in [4.69, 9.17) is 25.7 Å². The average Bonchev–Trinajstić information content (AvgIpc) is 3.46. The predicted molar refractivity (Wildman–Crippen MR) is 132 cm³/mol. The van der Waals surface area contributed by atoms with Gasteiger partial charge in [0, 0.05) is 11.3 Å². The van der Waals surface area contributed by atoms with E-state index >= 15 is 0 Å². The van der Waals surface area contributed by atoms with Gasteiger partial charge in [0.1, 0.15) is 23.1 Å². The van der Waals surface area contributed by atoms with E-state index in [1.807, 2.05) is 42.5 Å². The summed E-state index contributed by atoms with van der Waals surface area (Å²) in [6, 6.07) is 24.4. The van der Waals surface area contributed by atoms with Crippen LogP contribution in [-0.4, -0.2) is 10.9 Å². The van der Waals surface area contributed by atoms with Gasteiger partial charge in [0.05, 0.1) is 15.2 Å². The van der Waals surface area contributed by atoms with Gasteiger partial charge in [-0.25, -0.2) is 4.98 Å². The molecular formula is C26H19ClN2O3S. The van der Waals surface area contributed by atoms with Crippen LogP contribution < -0.4 is 10.1 Å². The van der Waals surface area contributed by atoms with E-state index in [-0.39, 0.29) is 18.3 Å². The minimum Gasteiger partial charge on any atom is -0.484 e. The summed E-state index contributed by atoms with van der Waals surface area (Å²) in [4.78, 5) is 17.3. The molecule has 2 aromatic heterocycles. The molecule has 5 rings (SSSR count). The van der Waals surface area contributed by atoms with Crippen molar-refractivity contribution in [2.75, 3.05) is 5.32 Å². The maximum absolute atomic E-state index is 12.6. The lowest BCUT2D eigenvalue weighted by molar-refractivity contribution is 0.0992. The van der Waals surface area contributed by atoms with Gasteiger partial charge in [-0.05, 0) is 73.2 Å². The van der Waals surface area contributed by atoms with Gasteiger partial charge in [-0.15, -0.1) is 11.3 Å². The highest BCUT2D eigenvalue weighted by Gasteiger charge is 2.13. The minimum absolute atomic E-state index is 0.174. The van der Waals surface area contributed by atoms with Gasteiger partial charge < -0.3 is 14.5 Å². The molecule has 0 fully saturated rings. The summed E-state index contributed by atoms with van der Waals surface area (Å²) in [6.45, 7) is 2.25. The summed E-state index contributed by atoms with van der Waals surface area (Å²) < 4.78 is 12.4. The number of fused-ring (bicyclic) bond motifs is 1. The van der Waals surface area contributed by atoms with Crippen molar-refractivity contribution in [3.63, 3.8) is 0 Å². The third-order valence-electron chi connectivity index (χ3n) is 5.03. The number of thiazole rings is 1. The Morgan fingerprint density at radius 2 is 1.88 bits per heavy atom. The number of aryl methyl sites for hydroxylation is 1. The van der Waals surface area contributed by atoms with E-state index < -0.39 is 0 Å². The Morgan fingerprint density at radius 3 is 2.70 bits per heavy atom. The molecule has 0 aliphatic rings. The number of hydrogen-bond acceptors (Lipinski definition) is 5. The third kappa shape index (κ3) is 4.77. The lowest BCUT2D eigenvalue weighted by Gasteiger charge is -2.06. The fraction of sp³-hybridized carbons (Fsp3) is 0.0769. The quantitative estimate of drug-likeness (QED) is 0.279. The molecule has 0 aliphatic carbocycles. The van der Waals surface area contributed by atoms with Gasteiger partial charge in [0.2, 0.25) is 0 Å². The number of hydrogen-bond donors (Lipinski definition) is 1. The lowest BCUT2D eigenvalue weighted by atomic mass is 10.2. The summed E-state index contributed by atoms with van der Waals surface area (Å²) in [5, 5.41) is 4.32. The molecule has 0 atom stereocenters. The third-order valence-corrected chi connectivity index (χ3v) is 6.41. The first-order valence-electron chi connectivity index (χ1n) is 10.3. The number of anilines is 1. The number of aromatic nitrogens is 1. The Morgan fingerprint density at radius 1 is 1.06 bits per heavy atom. The second kappa shape index (κ2) is 9.10. The summed E-state index contributed by atoms with van der Waals surface area (Å²) in [5.74, 6) is 0.965. The second-order valence-electron chi connectivity index (χ2n) is 7.51. The molecule has 0 unspecified atom stereocenters. The van der Waals surface area contributed by atoms with Crippen molar-refractivity contribution < 1.29 is 13.9 Å². The van der Waals surface area contributed by atoms with Crippen molar-refractivity contribution in [2.45, 2.75) is 13.5 Å². The van der Waals surface area contributed by atoms with E-state index in [1.165, 1.54) is 5.56 Å². The number of carbonyl (C=O) groups excluding carboxylic acids is 1. The van der Waals surface area contributed by atoms with Crippen molar-refractivity contribution in [2.24, 2.45) is 0 Å². The zero-order chi connectivity index (χ0) is 22.8. The number of furan rings is 1. The molecule has 2 heterocycles. The highest BCUT2D eigenvalue weighted by Crippen LogP contribution is 2.31. The first-order chi connectivity index (χ1) is 16.0. The molecule has 5 aromatic rings. The van der Waals surface area contributed by atoms with Crippen LogP contribution in [0, 0.1) is 6.92 Å². The van der Waals surface area contributed by atoms with Gasteiger partial charge in [0.25, 0.3) is 5.91 Å². The van der Waals surface area contributed by atoms with Crippen LogP contribution in [0.4, 0.5) is 5.69 Å². The zero-order valence-electron chi connectivity index (χ0n) is 17.7. The topological polar surface area (TPSA) is 64.4 Å². The Balaban J connectivity index is 1.23. The van der Waals surface area contributed by atoms with Gasteiger partial charge in [-0.1, -0.05) is 29.8 Å².